The molecule has 0 saturated heterocycles. The molecule has 0 unspecified atom stereocenters. The number of halogens is 1. The monoisotopic (exact) mass is 465 g/mol. The van der Waals surface area contributed by atoms with Gasteiger partial charge >= 0.3 is 0 Å². The van der Waals surface area contributed by atoms with E-state index in [0.29, 0.717) is 27.6 Å². The van der Waals surface area contributed by atoms with E-state index in [2.05, 4.69) is 10.6 Å². The highest BCUT2D eigenvalue weighted by atomic mass is 35.5. The summed E-state index contributed by atoms with van der Waals surface area (Å²) in [6, 6.07) is 17.2. The number of hydrogen-bond acceptors (Lipinski definition) is 5. The Morgan fingerprint density at radius 1 is 1.06 bits per heavy atom. The third-order valence-electron chi connectivity index (χ3n) is 4.60. The van der Waals surface area contributed by atoms with Crippen molar-refractivity contribution < 1.29 is 19.2 Å². The molecule has 3 aromatic rings. The number of carbonyl (C=O) groups excluding carboxylic acids is 2. The van der Waals surface area contributed by atoms with E-state index in [1.165, 1.54) is 43.5 Å². The number of ether oxygens (including phenoxy) is 1. The van der Waals surface area contributed by atoms with Gasteiger partial charge in [0, 0.05) is 22.7 Å². The molecule has 2 N–H and O–H groups in total. The average Bonchev–Trinajstić information content (AvgIpc) is 2.79. The molecule has 3 rings (SSSR count). The SMILES string of the molecule is COc1ccc(Cl)cc1NC(=O)/C(=C/c1ccc([N+](=O)[O-])cc1)NC(=O)c1cccc(C)c1. The first-order valence-corrected chi connectivity index (χ1v) is 10.1. The van der Waals surface area contributed by atoms with Crippen LogP contribution >= 0.6 is 11.6 Å². The number of aryl methyl sites for hydroxylation is 1. The molecule has 168 valence electrons. The van der Waals surface area contributed by atoms with Crippen LogP contribution in [0.5, 0.6) is 5.75 Å². The first-order valence-electron chi connectivity index (χ1n) is 9.76. The topological polar surface area (TPSA) is 111 Å². The van der Waals surface area contributed by atoms with Crippen LogP contribution in [0.25, 0.3) is 6.08 Å². The predicted molar refractivity (Wildman–Crippen MR) is 126 cm³/mol. The summed E-state index contributed by atoms with van der Waals surface area (Å²) in [4.78, 5) is 36.3. The van der Waals surface area contributed by atoms with Gasteiger partial charge in [-0.1, -0.05) is 29.3 Å². The van der Waals surface area contributed by atoms with E-state index >= 15 is 0 Å². The van der Waals surface area contributed by atoms with Crippen molar-refractivity contribution in [3.8, 4) is 5.75 Å². The Hall–Kier alpha value is -4.17. The van der Waals surface area contributed by atoms with Gasteiger partial charge in [0.1, 0.15) is 11.4 Å². The molecule has 0 aliphatic heterocycles. The molecule has 0 aromatic heterocycles. The van der Waals surface area contributed by atoms with Crippen molar-refractivity contribution in [2.45, 2.75) is 6.92 Å². The van der Waals surface area contributed by atoms with Gasteiger partial charge in [0.05, 0.1) is 17.7 Å². The van der Waals surface area contributed by atoms with E-state index in [4.69, 9.17) is 16.3 Å². The molecule has 9 heteroatoms. The quantitative estimate of drug-likeness (QED) is 0.290. The lowest BCUT2D eigenvalue weighted by atomic mass is 10.1. The van der Waals surface area contributed by atoms with Gasteiger partial charge in [0.25, 0.3) is 17.5 Å². The van der Waals surface area contributed by atoms with E-state index in [1.807, 2.05) is 13.0 Å². The van der Waals surface area contributed by atoms with Crippen LogP contribution in [-0.4, -0.2) is 23.8 Å². The lowest BCUT2D eigenvalue weighted by molar-refractivity contribution is -0.384. The number of nitrogens with zero attached hydrogens (tertiary/aromatic N) is 1. The number of rotatable bonds is 7. The van der Waals surface area contributed by atoms with Gasteiger partial charge in [-0.05, 0) is 61.0 Å². The molecular weight excluding hydrogens is 446 g/mol. The van der Waals surface area contributed by atoms with Gasteiger partial charge in [-0.2, -0.15) is 0 Å². The Bertz CT molecular complexity index is 1240. The molecule has 8 nitrogen and oxygen atoms in total. The highest BCUT2D eigenvalue weighted by molar-refractivity contribution is 6.31. The smallest absolute Gasteiger partial charge is 0.272 e. The molecule has 0 atom stereocenters. The molecule has 0 heterocycles. The van der Waals surface area contributed by atoms with Crippen molar-refractivity contribution in [3.63, 3.8) is 0 Å². The molecule has 0 aliphatic rings. The van der Waals surface area contributed by atoms with Gasteiger partial charge in [-0.15, -0.1) is 0 Å². The maximum atomic E-state index is 13.1. The second kappa shape index (κ2) is 10.4. The Labute approximate surface area is 195 Å². The first-order chi connectivity index (χ1) is 15.8. The van der Waals surface area contributed by atoms with E-state index in [0.717, 1.165) is 5.56 Å². The lowest BCUT2D eigenvalue weighted by Gasteiger charge is -2.14. The molecule has 33 heavy (non-hydrogen) atoms. The van der Waals surface area contributed by atoms with Gasteiger partial charge in [-0.25, -0.2) is 0 Å². The summed E-state index contributed by atoms with van der Waals surface area (Å²) in [6.07, 6.45) is 1.42. The predicted octanol–water partition coefficient (Wildman–Crippen LogP) is 4.97. The number of carbonyl (C=O) groups is 2. The normalized spacial score (nSPS) is 10.9. The molecule has 0 spiro atoms. The summed E-state index contributed by atoms with van der Waals surface area (Å²) < 4.78 is 5.25. The molecule has 0 bridgehead atoms. The molecular formula is C24H20ClN3O5. The van der Waals surface area contributed by atoms with E-state index in [-0.39, 0.29) is 11.4 Å². The third-order valence-corrected chi connectivity index (χ3v) is 4.83. The second-order valence-electron chi connectivity index (χ2n) is 7.03. The van der Waals surface area contributed by atoms with Crippen LogP contribution in [0.1, 0.15) is 21.5 Å². The van der Waals surface area contributed by atoms with Gasteiger partial charge in [0.15, 0.2) is 0 Å². The van der Waals surface area contributed by atoms with E-state index in [1.54, 1.807) is 30.3 Å². The maximum Gasteiger partial charge on any atom is 0.272 e. The number of amides is 2. The van der Waals surface area contributed by atoms with Gasteiger partial charge < -0.3 is 15.4 Å². The highest BCUT2D eigenvalue weighted by Crippen LogP contribution is 2.28. The number of hydrogen-bond donors (Lipinski definition) is 2. The van der Waals surface area contributed by atoms with Crippen LogP contribution in [-0.2, 0) is 4.79 Å². The molecule has 0 fully saturated rings. The number of nitrogens with one attached hydrogen (secondary N) is 2. The van der Waals surface area contributed by atoms with Crippen LogP contribution in [0, 0.1) is 17.0 Å². The fourth-order valence-corrected chi connectivity index (χ4v) is 3.14. The molecule has 0 radical (unpaired) electrons. The minimum Gasteiger partial charge on any atom is -0.495 e. The zero-order valence-electron chi connectivity index (χ0n) is 17.8. The highest BCUT2D eigenvalue weighted by Gasteiger charge is 2.17. The summed E-state index contributed by atoms with van der Waals surface area (Å²) in [6.45, 7) is 1.85. The molecule has 3 aromatic carbocycles. The summed E-state index contributed by atoms with van der Waals surface area (Å²) in [7, 11) is 1.45. The minimum atomic E-state index is -0.630. The van der Waals surface area contributed by atoms with Crippen LogP contribution in [0.2, 0.25) is 5.02 Å². The Kier molecular flexibility index (Phi) is 7.42. The van der Waals surface area contributed by atoms with E-state index in [9.17, 15) is 19.7 Å². The van der Waals surface area contributed by atoms with Crippen molar-refractivity contribution in [2.24, 2.45) is 0 Å². The summed E-state index contributed by atoms with van der Waals surface area (Å²) in [5.74, 6) is -0.734. The first kappa shape index (κ1) is 23.5. The molecule has 2 amide bonds. The zero-order valence-corrected chi connectivity index (χ0v) is 18.6. The number of non-ortho nitro benzene ring substituents is 1. The summed E-state index contributed by atoms with van der Waals surface area (Å²) in [5, 5.41) is 16.6. The van der Waals surface area contributed by atoms with Crippen molar-refractivity contribution >= 4 is 40.9 Å². The molecule has 0 aliphatic carbocycles. The van der Waals surface area contributed by atoms with Crippen molar-refractivity contribution in [1.82, 2.24) is 5.32 Å². The largest absolute Gasteiger partial charge is 0.495 e. The number of benzene rings is 3. The lowest BCUT2D eigenvalue weighted by Crippen LogP contribution is -2.30. The average molecular weight is 466 g/mol. The second-order valence-corrected chi connectivity index (χ2v) is 7.47. The standard InChI is InChI=1S/C24H20ClN3O5/c1-15-4-3-5-17(12-15)23(29)27-21(13-16-6-9-19(10-7-16)28(31)32)24(30)26-20-14-18(25)8-11-22(20)33-2/h3-14H,1-2H3,(H,26,30)(H,27,29)/b21-13-. The van der Waals surface area contributed by atoms with Gasteiger partial charge in [-0.3, -0.25) is 19.7 Å². The minimum absolute atomic E-state index is 0.0719. The van der Waals surface area contributed by atoms with Crippen molar-refractivity contribution in [1.29, 1.82) is 0 Å². The van der Waals surface area contributed by atoms with Gasteiger partial charge in [0.2, 0.25) is 0 Å². The van der Waals surface area contributed by atoms with Crippen LogP contribution in [0.4, 0.5) is 11.4 Å². The van der Waals surface area contributed by atoms with Crippen LogP contribution in [0.15, 0.2) is 72.4 Å². The number of anilines is 1. The number of methoxy groups -OCH3 is 1. The van der Waals surface area contributed by atoms with Crippen LogP contribution in [0.3, 0.4) is 0 Å². The van der Waals surface area contributed by atoms with Crippen LogP contribution < -0.4 is 15.4 Å². The number of nitro groups is 1. The molecule has 0 saturated carbocycles. The summed E-state index contributed by atoms with van der Waals surface area (Å²) >= 11 is 6.04. The Morgan fingerprint density at radius 3 is 2.42 bits per heavy atom. The maximum absolute atomic E-state index is 13.1. The Balaban J connectivity index is 1.95. The van der Waals surface area contributed by atoms with Crippen molar-refractivity contribution in [3.05, 3.63) is 104 Å². The summed E-state index contributed by atoms with van der Waals surface area (Å²) in [5.41, 5.74) is 1.89. The fraction of sp³-hybridized carbons (Fsp3) is 0.0833. The Morgan fingerprint density at radius 2 is 1.79 bits per heavy atom. The fourth-order valence-electron chi connectivity index (χ4n) is 2.97. The third kappa shape index (κ3) is 6.18. The van der Waals surface area contributed by atoms with E-state index < -0.39 is 16.7 Å². The number of nitro benzene ring substituents is 1. The zero-order chi connectivity index (χ0) is 24.0. The van der Waals surface area contributed by atoms with Crippen molar-refractivity contribution in [2.75, 3.05) is 12.4 Å².